The molecule has 2 N–H and O–H groups in total. The molecule has 3 unspecified atom stereocenters. The van der Waals surface area contributed by atoms with Crippen molar-refractivity contribution in [2.24, 2.45) is 16.9 Å². The second kappa shape index (κ2) is 3.36. The number of carbonyl (C=O) groups excluding carboxylic acids is 1. The number of hydrogen-bond donors (Lipinski definition) is 2. The van der Waals surface area contributed by atoms with Crippen molar-refractivity contribution in [1.29, 1.82) is 0 Å². The predicted molar refractivity (Wildman–Crippen MR) is 50.3 cm³/mol. The van der Waals surface area contributed by atoms with E-state index in [0.717, 1.165) is 19.3 Å². The lowest BCUT2D eigenvalue weighted by atomic mass is 9.79. The summed E-state index contributed by atoms with van der Waals surface area (Å²) >= 11 is 0. The standard InChI is InChI=1S/C9H15N3O/c1-10-9(13)6-2-3-8-7(4-6)5-11-12-8/h5-8,12H,2-4H2,1H3,(H,10,13). The van der Waals surface area contributed by atoms with Gasteiger partial charge < -0.3 is 10.7 Å². The van der Waals surface area contributed by atoms with Gasteiger partial charge in [-0.05, 0) is 19.3 Å². The van der Waals surface area contributed by atoms with E-state index in [4.69, 9.17) is 0 Å². The van der Waals surface area contributed by atoms with E-state index in [1.54, 1.807) is 7.05 Å². The molecule has 0 aromatic rings. The lowest BCUT2D eigenvalue weighted by Gasteiger charge is -2.29. The Kier molecular flexibility index (Phi) is 2.20. The highest BCUT2D eigenvalue weighted by Gasteiger charge is 2.34. The van der Waals surface area contributed by atoms with Crippen LogP contribution in [0.4, 0.5) is 0 Å². The van der Waals surface area contributed by atoms with Crippen LogP contribution in [0.2, 0.25) is 0 Å². The topological polar surface area (TPSA) is 53.5 Å². The summed E-state index contributed by atoms with van der Waals surface area (Å²) in [6.45, 7) is 0. The molecule has 0 aromatic heterocycles. The highest BCUT2D eigenvalue weighted by atomic mass is 16.1. The molecule has 0 bridgehead atoms. The van der Waals surface area contributed by atoms with Crippen molar-refractivity contribution in [1.82, 2.24) is 10.7 Å². The van der Waals surface area contributed by atoms with Crippen molar-refractivity contribution in [3.63, 3.8) is 0 Å². The molecule has 4 nitrogen and oxygen atoms in total. The smallest absolute Gasteiger partial charge is 0.222 e. The molecule has 1 heterocycles. The SMILES string of the molecule is CNC(=O)C1CCC2NN=CC2C1. The second-order valence-electron chi connectivity index (χ2n) is 3.80. The van der Waals surface area contributed by atoms with Crippen LogP contribution in [0.15, 0.2) is 5.10 Å². The van der Waals surface area contributed by atoms with Gasteiger partial charge in [-0.15, -0.1) is 0 Å². The monoisotopic (exact) mass is 181 g/mol. The summed E-state index contributed by atoms with van der Waals surface area (Å²) in [7, 11) is 1.70. The van der Waals surface area contributed by atoms with Crippen molar-refractivity contribution in [2.45, 2.75) is 25.3 Å². The largest absolute Gasteiger partial charge is 0.359 e. The molecule has 13 heavy (non-hydrogen) atoms. The molecule has 0 saturated heterocycles. The molecule has 1 aliphatic heterocycles. The summed E-state index contributed by atoms with van der Waals surface area (Å²) in [5.41, 5.74) is 3.07. The summed E-state index contributed by atoms with van der Waals surface area (Å²) in [6, 6.07) is 0.487. The Morgan fingerprint density at radius 1 is 1.62 bits per heavy atom. The molecule has 72 valence electrons. The van der Waals surface area contributed by atoms with Crippen molar-refractivity contribution in [3.8, 4) is 0 Å². The first-order valence-corrected chi connectivity index (χ1v) is 4.81. The normalized spacial score (nSPS) is 36.5. The Labute approximate surface area is 77.8 Å². The average Bonchev–Trinajstić information content (AvgIpc) is 2.63. The van der Waals surface area contributed by atoms with Crippen molar-refractivity contribution in [3.05, 3.63) is 0 Å². The van der Waals surface area contributed by atoms with E-state index in [2.05, 4.69) is 15.8 Å². The maximum Gasteiger partial charge on any atom is 0.222 e. The number of nitrogens with zero attached hydrogens (tertiary/aromatic N) is 1. The number of hydrogen-bond acceptors (Lipinski definition) is 3. The molecule has 1 fully saturated rings. The van der Waals surface area contributed by atoms with Gasteiger partial charge in [-0.2, -0.15) is 5.10 Å². The highest BCUT2D eigenvalue weighted by molar-refractivity contribution is 5.79. The zero-order chi connectivity index (χ0) is 9.26. The molecule has 0 aromatic carbocycles. The van der Waals surface area contributed by atoms with Gasteiger partial charge in [0, 0.05) is 25.1 Å². The van der Waals surface area contributed by atoms with Gasteiger partial charge in [0.1, 0.15) is 0 Å². The number of fused-ring (bicyclic) bond motifs is 1. The van der Waals surface area contributed by atoms with Gasteiger partial charge in [0.05, 0.1) is 6.04 Å². The van der Waals surface area contributed by atoms with Crippen LogP contribution in [0.25, 0.3) is 0 Å². The third-order valence-corrected chi connectivity index (χ3v) is 3.02. The van der Waals surface area contributed by atoms with E-state index >= 15 is 0 Å². The minimum absolute atomic E-state index is 0.179. The summed E-state index contributed by atoms with van der Waals surface area (Å²) in [4.78, 5) is 11.4. The molecule has 0 spiro atoms. The van der Waals surface area contributed by atoms with Crippen molar-refractivity contribution in [2.75, 3.05) is 7.05 Å². The number of hydrazone groups is 1. The number of carbonyl (C=O) groups is 1. The molecule has 2 aliphatic rings. The fourth-order valence-electron chi connectivity index (χ4n) is 2.21. The Morgan fingerprint density at radius 3 is 3.23 bits per heavy atom. The first-order chi connectivity index (χ1) is 6.31. The zero-order valence-corrected chi connectivity index (χ0v) is 7.79. The van der Waals surface area contributed by atoms with Gasteiger partial charge in [-0.1, -0.05) is 0 Å². The second-order valence-corrected chi connectivity index (χ2v) is 3.80. The molecule has 3 atom stereocenters. The van der Waals surface area contributed by atoms with Crippen LogP contribution < -0.4 is 10.7 Å². The first-order valence-electron chi connectivity index (χ1n) is 4.81. The Balaban J connectivity index is 1.96. The van der Waals surface area contributed by atoms with E-state index < -0.39 is 0 Å². The van der Waals surface area contributed by atoms with Crippen molar-refractivity contribution >= 4 is 12.1 Å². The number of amides is 1. The molecule has 1 saturated carbocycles. The van der Waals surface area contributed by atoms with Crippen LogP contribution in [-0.4, -0.2) is 25.2 Å². The molecule has 4 heteroatoms. The van der Waals surface area contributed by atoms with Crippen LogP contribution in [0.5, 0.6) is 0 Å². The maximum atomic E-state index is 11.4. The fourth-order valence-corrected chi connectivity index (χ4v) is 2.21. The summed E-state index contributed by atoms with van der Waals surface area (Å²) < 4.78 is 0. The first kappa shape index (κ1) is 8.53. The molecule has 1 aliphatic carbocycles. The maximum absolute atomic E-state index is 11.4. The summed E-state index contributed by atoms with van der Waals surface area (Å²) in [5, 5.41) is 6.75. The Morgan fingerprint density at radius 2 is 2.46 bits per heavy atom. The molecule has 2 rings (SSSR count). The fraction of sp³-hybridized carbons (Fsp3) is 0.778. The van der Waals surface area contributed by atoms with Gasteiger partial charge in [0.25, 0.3) is 0 Å². The Bertz CT molecular complexity index is 239. The highest BCUT2D eigenvalue weighted by Crippen LogP contribution is 2.30. The zero-order valence-electron chi connectivity index (χ0n) is 7.79. The predicted octanol–water partition coefficient (Wildman–Crippen LogP) is 0.106. The summed E-state index contributed by atoms with van der Waals surface area (Å²) in [5.74, 6) is 0.840. The van der Waals surface area contributed by atoms with Crippen LogP contribution in [0.3, 0.4) is 0 Å². The third kappa shape index (κ3) is 1.53. The van der Waals surface area contributed by atoms with Crippen LogP contribution in [0, 0.1) is 11.8 Å². The molecular formula is C9H15N3O. The van der Waals surface area contributed by atoms with Gasteiger partial charge in [-0.3, -0.25) is 4.79 Å². The van der Waals surface area contributed by atoms with E-state index in [9.17, 15) is 4.79 Å². The number of rotatable bonds is 1. The van der Waals surface area contributed by atoms with Gasteiger partial charge in [0.15, 0.2) is 0 Å². The van der Waals surface area contributed by atoms with Gasteiger partial charge in [0.2, 0.25) is 5.91 Å². The summed E-state index contributed by atoms with van der Waals surface area (Å²) in [6.07, 6.45) is 4.93. The molecular weight excluding hydrogens is 166 g/mol. The number of nitrogens with one attached hydrogen (secondary N) is 2. The minimum Gasteiger partial charge on any atom is -0.359 e. The van der Waals surface area contributed by atoms with Crippen LogP contribution in [-0.2, 0) is 4.79 Å². The van der Waals surface area contributed by atoms with Crippen LogP contribution in [0.1, 0.15) is 19.3 Å². The third-order valence-electron chi connectivity index (χ3n) is 3.02. The molecule has 1 amide bonds. The quantitative estimate of drug-likeness (QED) is 0.603. The van der Waals surface area contributed by atoms with Gasteiger partial charge >= 0.3 is 0 Å². The van der Waals surface area contributed by atoms with E-state index in [1.807, 2.05) is 6.21 Å². The van der Waals surface area contributed by atoms with E-state index in [0.29, 0.717) is 12.0 Å². The lowest BCUT2D eigenvalue weighted by Crippen LogP contribution is -2.39. The lowest BCUT2D eigenvalue weighted by molar-refractivity contribution is -0.125. The van der Waals surface area contributed by atoms with E-state index in [1.165, 1.54) is 0 Å². The van der Waals surface area contributed by atoms with Crippen molar-refractivity contribution < 1.29 is 4.79 Å². The molecule has 0 radical (unpaired) electrons. The van der Waals surface area contributed by atoms with E-state index in [-0.39, 0.29) is 11.8 Å². The van der Waals surface area contributed by atoms with Gasteiger partial charge in [-0.25, -0.2) is 0 Å². The minimum atomic E-state index is 0.179. The Hall–Kier alpha value is -1.06. The van der Waals surface area contributed by atoms with Crippen LogP contribution >= 0.6 is 0 Å². The average molecular weight is 181 g/mol.